The topological polar surface area (TPSA) is 58.6 Å². The number of hydrogen-bond acceptors (Lipinski definition) is 3. The summed E-state index contributed by atoms with van der Waals surface area (Å²) in [6.45, 7) is 0.525. The number of nitrogens with one attached hydrogen (secondary N) is 1. The van der Waals surface area contributed by atoms with Crippen molar-refractivity contribution in [1.82, 2.24) is 5.32 Å². The molecule has 0 aromatic heterocycles. The van der Waals surface area contributed by atoms with Crippen LogP contribution >= 0.6 is 0 Å². The van der Waals surface area contributed by atoms with Gasteiger partial charge in [0.2, 0.25) is 0 Å². The summed E-state index contributed by atoms with van der Waals surface area (Å²) in [5.41, 5.74) is 0.988. The number of methoxy groups -OCH3 is 1. The molecule has 2 N–H and O–H groups in total. The Morgan fingerprint density at radius 1 is 1.53 bits per heavy atom. The van der Waals surface area contributed by atoms with Gasteiger partial charge in [-0.3, -0.25) is 10.1 Å². The van der Waals surface area contributed by atoms with Gasteiger partial charge in [-0.05, 0) is 24.8 Å². The van der Waals surface area contributed by atoms with Crippen LogP contribution in [0.4, 0.5) is 0 Å². The Morgan fingerprint density at radius 3 is 2.82 bits per heavy atom. The summed E-state index contributed by atoms with van der Waals surface area (Å²) in [6, 6.07) is 7.21. The standard InChI is InChI=1S/C13H17NO3/c1-17-11-5-3-2-4-10(11)8-14-12(13(15)16)9-6-7-9/h2-5,9,12,14H,6-8H2,1H3,(H,15,16). The molecule has 0 bridgehead atoms. The molecule has 0 heterocycles. The molecule has 4 nitrogen and oxygen atoms in total. The maximum Gasteiger partial charge on any atom is 0.320 e. The summed E-state index contributed by atoms with van der Waals surface area (Å²) in [7, 11) is 1.62. The van der Waals surface area contributed by atoms with Gasteiger partial charge >= 0.3 is 5.97 Å². The molecule has 0 amide bonds. The van der Waals surface area contributed by atoms with E-state index in [1.54, 1.807) is 7.11 Å². The van der Waals surface area contributed by atoms with Crippen LogP contribution in [0.3, 0.4) is 0 Å². The SMILES string of the molecule is COc1ccccc1CNC(C(=O)O)C1CC1. The number of benzene rings is 1. The van der Waals surface area contributed by atoms with E-state index in [2.05, 4.69) is 5.32 Å². The van der Waals surface area contributed by atoms with E-state index in [4.69, 9.17) is 9.84 Å². The zero-order chi connectivity index (χ0) is 12.3. The zero-order valence-electron chi connectivity index (χ0n) is 9.85. The van der Waals surface area contributed by atoms with Crippen LogP contribution in [0.25, 0.3) is 0 Å². The molecule has 0 spiro atoms. The van der Waals surface area contributed by atoms with Crippen molar-refractivity contribution in [2.24, 2.45) is 5.92 Å². The fourth-order valence-corrected chi connectivity index (χ4v) is 1.95. The van der Waals surface area contributed by atoms with Crippen LogP contribution in [0.1, 0.15) is 18.4 Å². The van der Waals surface area contributed by atoms with Gasteiger partial charge < -0.3 is 9.84 Å². The highest BCUT2D eigenvalue weighted by molar-refractivity contribution is 5.74. The number of aliphatic carboxylic acids is 1. The maximum absolute atomic E-state index is 11.1. The van der Waals surface area contributed by atoms with Crippen LogP contribution in [0.15, 0.2) is 24.3 Å². The summed E-state index contributed by atoms with van der Waals surface area (Å²) in [4.78, 5) is 11.1. The predicted octanol–water partition coefficient (Wildman–Crippen LogP) is 1.65. The number of carboxylic acid groups (broad SMARTS) is 1. The third-order valence-electron chi connectivity index (χ3n) is 3.06. The van der Waals surface area contributed by atoms with Crippen LogP contribution in [0, 0.1) is 5.92 Å². The van der Waals surface area contributed by atoms with Crippen LogP contribution in [-0.2, 0) is 11.3 Å². The number of carboxylic acids is 1. The highest BCUT2D eigenvalue weighted by Gasteiger charge is 2.35. The third-order valence-corrected chi connectivity index (χ3v) is 3.06. The van der Waals surface area contributed by atoms with E-state index >= 15 is 0 Å². The van der Waals surface area contributed by atoms with E-state index in [0.29, 0.717) is 12.5 Å². The molecule has 1 fully saturated rings. The van der Waals surface area contributed by atoms with E-state index < -0.39 is 12.0 Å². The molecule has 1 aromatic rings. The highest BCUT2D eigenvalue weighted by Crippen LogP contribution is 2.33. The summed E-state index contributed by atoms with van der Waals surface area (Å²) in [5.74, 6) is 0.324. The Labute approximate surface area is 101 Å². The Hall–Kier alpha value is -1.55. The number of rotatable bonds is 6. The Bertz CT molecular complexity index is 401. The fraction of sp³-hybridized carbons (Fsp3) is 0.462. The lowest BCUT2D eigenvalue weighted by Gasteiger charge is -2.15. The molecule has 0 saturated heterocycles. The summed E-state index contributed by atoms with van der Waals surface area (Å²) < 4.78 is 5.23. The second kappa shape index (κ2) is 5.19. The molecular weight excluding hydrogens is 218 g/mol. The number of para-hydroxylation sites is 1. The van der Waals surface area contributed by atoms with Gasteiger partial charge in [-0.25, -0.2) is 0 Å². The largest absolute Gasteiger partial charge is 0.496 e. The normalized spacial score (nSPS) is 16.5. The van der Waals surface area contributed by atoms with Crippen molar-refractivity contribution in [3.8, 4) is 5.75 Å². The van der Waals surface area contributed by atoms with E-state index in [1.807, 2.05) is 24.3 Å². The Balaban J connectivity index is 1.98. The van der Waals surface area contributed by atoms with Crippen LogP contribution in [-0.4, -0.2) is 24.2 Å². The second-order valence-electron chi connectivity index (χ2n) is 4.35. The van der Waals surface area contributed by atoms with E-state index in [-0.39, 0.29) is 0 Å². The molecule has 4 heteroatoms. The molecule has 1 aromatic carbocycles. The Morgan fingerprint density at radius 2 is 2.24 bits per heavy atom. The fourth-order valence-electron chi connectivity index (χ4n) is 1.95. The van der Waals surface area contributed by atoms with E-state index in [0.717, 1.165) is 24.2 Å². The van der Waals surface area contributed by atoms with Gasteiger partial charge in [0.25, 0.3) is 0 Å². The minimum atomic E-state index is -0.762. The number of ether oxygens (including phenoxy) is 1. The van der Waals surface area contributed by atoms with Crippen molar-refractivity contribution in [2.75, 3.05) is 7.11 Å². The quantitative estimate of drug-likeness (QED) is 0.787. The molecule has 1 aliphatic rings. The molecule has 0 aliphatic heterocycles. The van der Waals surface area contributed by atoms with Gasteiger partial charge in [-0.1, -0.05) is 18.2 Å². The molecule has 1 atom stereocenters. The lowest BCUT2D eigenvalue weighted by molar-refractivity contribution is -0.140. The molecule has 1 aliphatic carbocycles. The smallest absolute Gasteiger partial charge is 0.320 e. The van der Waals surface area contributed by atoms with Gasteiger partial charge in [-0.2, -0.15) is 0 Å². The first-order chi connectivity index (χ1) is 8.22. The number of hydrogen-bond donors (Lipinski definition) is 2. The average molecular weight is 235 g/mol. The lowest BCUT2D eigenvalue weighted by Crippen LogP contribution is -2.38. The third kappa shape index (κ3) is 2.97. The monoisotopic (exact) mass is 235 g/mol. The van der Waals surface area contributed by atoms with Gasteiger partial charge in [0, 0.05) is 12.1 Å². The van der Waals surface area contributed by atoms with Gasteiger partial charge in [0.1, 0.15) is 11.8 Å². The van der Waals surface area contributed by atoms with Crippen LogP contribution in [0.5, 0.6) is 5.75 Å². The molecule has 2 rings (SSSR count). The average Bonchev–Trinajstić information content (AvgIpc) is 3.14. The zero-order valence-corrected chi connectivity index (χ0v) is 9.85. The van der Waals surface area contributed by atoms with E-state index in [9.17, 15) is 4.79 Å². The molecule has 0 radical (unpaired) electrons. The molecule has 1 unspecified atom stereocenters. The molecule has 17 heavy (non-hydrogen) atoms. The Kier molecular flexibility index (Phi) is 3.64. The molecular formula is C13H17NO3. The van der Waals surface area contributed by atoms with Crippen molar-refractivity contribution in [3.63, 3.8) is 0 Å². The van der Waals surface area contributed by atoms with Crippen molar-refractivity contribution < 1.29 is 14.6 Å². The van der Waals surface area contributed by atoms with Crippen LogP contribution in [0.2, 0.25) is 0 Å². The summed E-state index contributed by atoms with van der Waals surface area (Å²) >= 11 is 0. The first-order valence-corrected chi connectivity index (χ1v) is 5.80. The van der Waals surface area contributed by atoms with Gasteiger partial charge in [0.05, 0.1) is 7.11 Å². The lowest BCUT2D eigenvalue weighted by atomic mass is 10.1. The number of carbonyl (C=O) groups is 1. The van der Waals surface area contributed by atoms with Crippen molar-refractivity contribution >= 4 is 5.97 Å². The minimum Gasteiger partial charge on any atom is -0.496 e. The van der Waals surface area contributed by atoms with Gasteiger partial charge in [0.15, 0.2) is 0 Å². The van der Waals surface area contributed by atoms with Crippen molar-refractivity contribution in [1.29, 1.82) is 0 Å². The first-order valence-electron chi connectivity index (χ1n) is 5.80. The predicted molar refractivity (Wildman–Crippen MR) is 64.0 cm³/mol. The molecule has 92 valence electrons. The second-order valence-corrected chi connectivity index (χ2v) is 4.35. The first kappa shape index (κ1) is 11.9. The van der Waals surface area contributed by atoms with Crippen molar-refractivity contribution in [3.05, 3.63) is 29.8 Å². The van der Waals surface area contributed by atoms with E-state index in [1.165, 1.54) is 0 Å². The summed E-state index contributed by atoms with van der Waals surface area (Å²) in [5, 5.41) is 12.2. The van der Waals surface area contributed by atoms with Gasteiger partial charge in [-0.15, -0.1) is 0 Å². The summed E-state index contributed by atoms with van der Waals surface area (Å²) in [6.07, 6.45) is 2.02. The van der Waals surface area contributed by atoms with Crippen LogP contribution < -0.4 is 10.1 Å². The minimum absolute atomic E-state index is 0.294. The maximum atomic E-state index is 11.1. The highest BCUT2D eigenvalue weighted by atomic mass is 16.5. The molecule has 1 saturated carbocycles. The van der Waals surface area contributed by atoms with Crippen molar-refractivity contribution in [2.45, 2.75) is 25.4 Å².